The van der Waals surface area contributed by atoms with E-state index in [0.717, 1.165) is 17.9 Å². The van der Waals surface area contributed by atoms with E-state index in [2.05, 4.69) is 22.3 Å². The zero-order valence-electron chi connectivity index (χ0n) is 8.91. The van der Waals surface area contributed by atoms with Gasteiger partial charge in [-0.1, -0.05) is 6.07 Å². The van der Waals surface area contributed by atoms with Crippen LogP contribution in [0.1, 0.15) is 13.4 Å². The second-order valence-corrected chi connectivity index (χ2v) is 3.74. The normalized spacial score (nSPS) is 14.8. The van der Waals surface area contributed by atoms with Crippen molar-refractivity contribution in [1.29, 1.82) is 0 Å². The molecule has 15 heavy (non-hydrogen) atoms. The van der Waals surface area contributed by atoms with Gasteiger partial charge < -0.3 is 10.2 Å². The fraction of sp³-hybridized carbons (Fsp3) is 0.364. The molecule has 0 saturated heterocycles. The molecule has 1 aliphatic rings. The number of carbonyl (C=O) groups is 1. The van der Waals surface area contributed by atoms with Gasteiger partial charge in [-0.3, -0.25) is 4.79 Å². The maximum absolute atomic E-state index is 11.4. The molecule has 1 aliphatic heterocycles. The highest BCUT2D eigenvalue weighted by Gasteiger charge is 2.15. The molecule has 4 heteroatoms. The lowest BCUT2D eigenvalue weighted by atomic mass is 10.2. The molecule has 1 amide bonds. The van der Waals surface area contributed by atoms with E-state index in [1.807, 2.05) is 20.0 Å². The van der Waals surface area contributed by atoms with Crippen LogP contribution in [-0.2, 0) is 4.79 Å². The molecule has 1 aromatic rings. The van der Waals surface area contributed by atoms with Gasteiger partial charge in [-0.25, -0.2) is 0 Å². The van der Waals surface area contributed by atoms with E-state index >= 15 is 0 Å². The molecular weight excluding hydrogens is 303 g/mol. The quantitative estimate of drug-likeness (QED) is 0.746. The number of anilines is 2. The van der Waals surface area contributed by atoms with Crippen molar-refractivity contribution in [2.75, 3.05) is 23.8 Å². The highest BCUT2D eigenvalue weighted by Crippen LogP contribution is 2.28. The Labute approximate surface area is 108 Å². The maximum atomic E-state index is 11.4. The van der Waals surface area contributed by atoms with Gasteiger partial charge >= 0.3 is 0 Å². The summed E-state index contributed by atoms with van der Waals surface area (Å²) in [6.45, 7) is 2.80. The van der Waals surface area contributed by atoms with E-state index in [0.29, 0.717) is 6.42 Å². The first-order valence-electron chi connectivity index (χ1n) is 4.78. The minimum Gasteiger partial charge on any atom is -0.372 e. The van der Waals surface area contributed by atoms with Gasteiger partial charge in [-0.05, 0) is 24.6 Å². The van der Waals surface area contributed by atoms with Crippen LogP contribution in [0.4, 0.5) is 11.4 Å². The van der Waals surface area contributed by atoms with Gasteiger partial charge in [0.15, 0.2) is 0 Å². The molecule has 1 aromatic carbocycles. The van der Waals surface area contributed by atoms with Gasteiger partial charge in [0.25, 0.3) is 0 Å². The number of nitrogens with zero attached hydrogens (tertiary/aromatic N) is 1. The maximum Gasteiger partial charge on any atom is 0.226 e. The van der Waals surface area contributed by atoms with Crippen LogP contribution >= 0.6 is 24.0 Å². The first-order valence-corrected chi connectivity index (χ1v) is 4.78. The first-order chi connectivity index (χ1) is 6.66. The van der Waals surface area contributed by atoms with Gasteiger partial charge in [-0.2, -0.15) is 0 Å². The summed E-state index contributed by atoms with van der Waals surface area (Å²) in [5.41, 5.74) is 3.19. The van der Waals surface area contributed by atoms with E-state index in [1.165, 1.54) is 5.56 Å². The number of halogens is 1. The second kappa shape index (κ2) is 4.83. The number of hydrogen-bond acceptors (Lipinski definition) is 2. The molecule has 0 fully saturated rings. The van der Waals surface area contributed by atoms with Crippen LogP contribution < -0.4 is 10.2 Å². The van der Waals surface area contributed by atoms with Gasteiger partial charge in [0.05, 0.1) is 11.4 Å². The van der Waals surface area contributed by atoms with Gasteiger partial charge in [-0.15, -0.1) is 24.0 Å². The van der Waals surface area contributed by atoms with Gasteiger partial charge in [0, 0.05) is 21.4 Å². The van der Waals surface area contributed by atoms with Crippen molar-refractivity contribution >= 4 is 41.3 Å². The molecule has 0 radical (unpaired) electrons. The van der Waals surface area contributed by atoms with E-state index in [1.54, 1.807) is 0 Å². The Morgan fingerprint density at radius 3 is 2.93 bits per heavy atom. The van der Waals surface area contributed by atoms with Crippen molar-refractivity contribution in [3.05, 3.63) is 23.8 Å². The summed E-state index contributed by atoms with van der Waals surface area (Å²) in [5.74, 6) is 0.0983. The molecule has 0 bridgehead atoms. The van der Waals surface area contributed by atoms with Crippen LogP contribution in [0.15, 0.2) is 18.2 Å². The Morgan fingerprint density at radius 1 is 1.47 bits per heavy atom. The van der Waals surface area contributed by atoms with Crippen LogP contribution in [0.5, 0.6) is 0 Å². The zero-order valence-corrected chi connectivity index (χ0v) is 11.2. The molecule has 0 atom stereocenters. The number of benzene rings is 1. The average Bonchev–Trinajstić information content (AvgIpc) is 2.26. The van der Waals surface area contributed by atoms with Crippen molar-refractivity contribution < 1.29 is 6.22 Å². The van der Waals surface area contributed by atoms with Crippen LogP contribution in [0, 0.1) is 6.92 Å². The number of rotatable bonds is 0. The standard InChI is InChI=1S/C11H14N2O.HI.H2/c1-8-3-4-10-9(7-8)12-11(14)5-6-13(10)2;;/h3-4,7H,5-6H2,1-2H3,(H,12,14);2*1H. The van der Waals surface area contributed by atoms with Crippen LogP contribution in [-0.4, -0.2) is 19.5 Å². The molecule has 0 spiro atoms. The van der Waals surface area contributed by atoms with E-state index in [4.69, 9.17) is 0 Å². The fourth-order valence-electron chi connectivity index (χ4n) is 1.69. The lowest BCUT2D eigenvalue weighted by molar-refractivity contribution is -0.115. The highest BCUT2D eigenvalue weighted by molar-refractivity contribution is 14.0. The SMILES string of the molecule is Cc1ccc2c(c1)NC(=O)CCN2C.I.[HH]. The Balaban J connectivity index is 0.00000112. The first kappa shape index (κ1) is 12.3. The summed E-state index contributed by atoms with van der Waals surface area (Å²) in [6, 6.07) is 6.12. The number of nitrogens with one attached hydrogen (secondary N) is 1. The third-order valence-electron chi connectivity index (χ3n) is 2.51. The van der Waals surface area contributed by atoms with Crippen molar-refractivity contribution in [2.24, 2.45) is 0 Å². The highest BCUT2D eigenvalue weighted by atomic mass is 127. The third kappa shape index (κ3) is 2.62. The summed E-state index contributed by atoms with van der Waals surface area (Å²) in [4.78, 5) is 13.5. The molecule has 0 unspecified atom stereocenters. The van der Waals surface area contributed by atoms with Crippen LogP contribution in [0.2, 0.25) is 0 Å². The van der Waals surface area contributed by atoms with E-state index < -0.39 is 0 Å². The van der Waals surface area contributed by atoms with Crippen LogP contribution in [0.25, 0.3) is 0 Å². The Kier molecular flexibility index (Phi) is 3.96. The fourth-order valence-corrected chi connectivity index (χ4v) is 1.69. The molecule has 0 saturated carbocycles. The second-order valence-electron chi connectivity index (χ2n) is 3.74. The molecule has 1 heterocycles. The number of aryl methyl sites for hydroxylation is 1. The monoisotopic (exact) mass is 320 g/mol. The number of fused-ring (bicyclic) bond motifs is 1. The largest absolute Gasteiger partial charge is 0.372 e. The summed E-state index contributed by atoms with van der Waals surface area (Å²) < 4.78 is 0. The number of amides is 1. The summed E-state index contributed by atoms with van der Waals surface area (Å²) in [5, 5.41) is 2.91. The van der Waals surface area contributed by atoms with Gasteiger partial charge in [0.2, 0.25) is 5.91 Å². The molecule has 2 rings (SSSR count). The number of hydrogen-bond donors (Lipinski definition) is 1. The Hall–Kier alpha value is -0.780. The van der Waals surface area contributed by atoms with Crippen molar-refractivity contribution in [3.8, 4) is 0 Å². The Bertz CT molecular complexity index is 384. The summed E-state index contributed by atoms with van der Waals surface area (Å²) in [6.07, 6.45) is 0.560. The predicted molar refractivity (Wildman–Crippen MR) is 75.2 cm³/mol. The van der Waals surface area contributed by atoms with Crippen LogP contribution in [0.3, 0.4) is 0 Å². The van der Waals surface area contributed by atoms with Crippen molar-refractivity contribution in [2.45, 2.75) is 13.3 Å². The minimum absolute atomic E-state index is 0. The molecule has 0 aromatic heterocycles. The number of carbonyl (C=O) groups excluding carboxylic acids is 1. The molecule has 1 N–H and O–H groups in total. The third-order valence-corrected chi connectivity index (χ3v) is 2.51. The summed E-state index contributed by atoms with van der Waals surface area (Å²) in [7, 11) is 2.01. The zero-order chi connectivity index (χ0) is 10.1. The van der Waals surface area contributed by atoms with E-state index in [-0.39, 0.29) is 31.3 Å². The molecule has 0 aliphatic carbocycles. The topological polar surface area (TPSA) is 32.3 Å². The minimum atomic E-state index is 0. The molecular formula is C11H17IN2O. The molecule has 84 valence electrons. The lowest BCUT2D eigenvalue weighted by Gasteiger charge is -2.18. The van der Waals surface area contributed by atoms with Crippen molar-refractivity contribution in [1.82, 2.24) is 0 Å². The smallest absolute Gasteiger partial charge is 0.226 e. The lowest BCUT2D eigenvalue weighted by Crippen LogP contribution is -2.18. The average molecular weight is 320 g/mol. The van der Waals surface area contributed by atoms with Gasteiger partial charge in [0.1, 0.15) is 0 Å². The Morgan fingerprint density at radius 2 is 2.20 bits per heavy atom. The van der Waals surface area contributed by atoms with E-state index in [9.17, 15) is 4.79 Å². The molecule has 3 nitrogen and oxygen atoms in total. The predicted octanol–water partition coefficient (Wildman–Crippen LogP) is 2.64. The summed E-state index contributed by atoms with van der Waals surface area (Å²) >= 11 is 0. The van der Waals surface area contributed by atoms with Crippen molar-refractivity contribution in [3.63, 3.8) is 0 Å².